The Morgan fingerprint density at radius 3 is 1.96 bits per heavy atom. The van der Waals surface area contributed by atoms with E-state index in [4.69, 9.17) is 14.6 Å². The van der Waals surface area contributed by atoms with Gasteiger partial charge in [0.1, 0.15) is 12.5 Å². The summed E-state index contributed by atoms with van der Waals surface area (Å²) >= 11 is 0. The number of hydrogen-bond acceptors (Lipinski definition) is 7. The third-order valence-corrected chi connectivity index (χ3v) is 8.37. The molecular weight excluding hydrogens is 591 g/mol. The van der Waals surface area contributed by atoms with Gasteiger partial charge in [-0.2, -0.15) is 18.4 Å². The highest BCUT2D eigenvalue weighted by Crippen LogP contribution is 2.38. The first kappa shape index (κ1) is 33.2. The molecule has 3 heterocycles. The number of benzene rings is 3. The van der Waals surface area contributed by atoms with Crippen LogP contribution < -0.4 is 10.4 Å². The lowest BCUT2D eigenvalue weighted by atomic mass is 9.82. The molecule has 12 heteroatoms. The van der Waals surface area contributed by atoms with Gasteiger partial charge in [-0.15, -0.1) is 0 Å². The lowest BCUT2D eigenvalue weighted by Gasteiger charge is -2.52. The molecule has 45 heavy (non-hydrogen) atoms. The molecule has 1 amide bonds. The van der Waals surface area contributed by atoms with Gasteiger partial charge in [0.25, 0.3) is 5.91 Å². The van der Waals surface area contributed by atoms with E-state index in [1.807, 2.05) is 12.1 Å². The Kier molecular flexibility index (Phi) is 10.3. The van der Waals surface area contributed by atoms with E-state index in [2.05, 4.69) is 11.4 Å². The van der Waals surface area contributed by atoms with Crippen LogP contribution in [-0.2, 0) is 19.9 Å². The summed E-state index contributed by atoms with van der Waals surface area (Å²) in [4.78, 5) is 35.1. The maximum atomic E-state index is 13.7. The minimum Gasteiger partial charge on any atom is -0.542 e. The molecule has 9 nitrogen and oxygen atoms in total. The first-order valence-electron chi connectivity index (χ1n) is 14.3. The van der Waals surface area contributed by atoms with Crippen LogP contribution in [0.3, 0.4) is 0 Å². The topological polar surface area (TPSA) is 140 Å². The Labute approximate surface area is 258 Å². The predicted octanol–water partition coefficient (Wildman–Crippen LogP) is 2.67. The van der Waals surface area contributed by atoms with Crippen LogP contribution in [0, 0.1) is 17.2 Å². The zero-order chi connectivity index (χ0) is 32.7. The zero-order valence-electron chi connectivity index (χ0n) is 24.2. The van der Waals surface area contributed by atoms with Crippen molar-refractivity contribution < 1.29 is 47.0 Å². The number of halogens is 3. The summed E-state index contributed by atoms with van der Waals surface area (Å²) in [6.45, 7) is 3.75. The monoisotopic (exact) mass is 623 g/mol. The number of nitrogens with one attached hydrogen (secondary N) is 1. The van der Waals surface area contributed by atoms with E-state index in [0.29, 0.717) is 41.9 Å². The first-order valence-corrected chi connectivity index (χ1v) is 14.3. The SMILES string of the molecule is N#Cc1ccccc1C(=O)NCC[N+]12CCC(CC1)[C@@H](OC(=O)C(O)(c1ccccc1)c1ccccc1)C2.O=C([O-])C(F)(F)F. The number of esters is 1. The van der Waals surface area contributed by atoms with Crippen LogP contribution in [0.25, 0.3) is 0 Å². The highest BCUT2D eigenvalue weighted by atomic mass is 19.4. The number of amides is 1. The van der Waals surface area contributed by atoms with Gasteiger partial charge in [-0.1, -0.05) is 72.8 Å². The summed E-state index contributed by atoms with van der Waals surface area (Å²) in [5.74, 6) is -3.67. The van der Waals surface area contributed by atoms with Crippen molar-refractivity contribution in [2.24, 2.45) is 5.92 Å². The molecule has 3 saturated heterocycles. The number of nitrogens with zero attached hydrogens (tertiary/aromatic N) is 2. The van der Waals surface area contributed by atoms with Gasteiger partial charge >= 0.3 is 12.1 Å². The molecule has 0 radical (unpaired) electrons. The fourth-order valence-electron chi connectivity index (χ4n) is 5.93. The number of aliphatic carboxylic acids is 1. The Morgan fingerprint density at radius 2 is 1.44 bits per heavy atom. The van der Waals surface area contributed by atoms with Crippen molar-refractivity contribution >= 4 is 17.8 Å². The molecule has 3 aromatic carbocycles. The molecule has 3 fully saturated rings. The highest BCUT2D eigenvalue weighted by Gasteiger charge is 2.50. The Bertz CT molecular complexity index is 1490. The van der Waals surface area contributed by atoms with Crippen LogP contribution >= 0.6 is 0 Å². The van der Waals surface area contributed by atoms with Crippen molar-refractivity contribution in [1.82, 2.24) is 5.32 Å². The van der Waals surface area contributed by atoms with Gasteiger partial charge in [-0.3, -0.25) is 4.79 Å². The van der Waals surface area contributed by atoms with Crippen LogP contribution in [0.4, 0.5) is 13.2 Å². The smallest absolute Gasteiger partial charge is 0.430 e. The molecule has 2 bridgehead atoms. The van der Waals surface area contributed by atoms with E-state index in [1.165, 1.54) is 0 Å². The fraction of sp³-hybridized carbons (Fsp3) is 0.333. The normalized spacial score (nSPS) is 20.6. The second-order valence-electron chi connectivity index (χ2n) is 11.1. The van der Waals surface area contributed by atoms with E-state index in [0.717, 1.165) is 30.4 Å². The highest BCUT2D eigenvalue weighted by molar-refractivity contribution is 5.96. The number of aliphatic hydroxyl groups is 1. The fourth-order valence-corrected chi connectivity index (χ4v) is 5.93. The number of carboxylic acids is 1. The van der Waals surface area contributed by atoms with Crippen molar-refractivity contribution in [1.29, 1.82) is 5.26 Å². The molecule has 0 aliphatic carbocycles. The molecule has 6 rings (SSSR count). The van der Waals surface area contributed by atoms with E-state index in [9.17, 15) is 33.1 Å². The number of hydrogen-bond donors (Lipinski definition) is 2. The minimum absolute atomic E-state index is 0.256. The van der Waals surface area contributed by atoms with Gasteiger partial charge in [-0.25, -0.2) is 4.79 Å². The van der Waals surface area contributed by atoms with Gasteiger partial charge in [0, 0.05) is 18.8 Å². The molecule has 0 aromatic heterocycles. The Morgan fingerprint density at radius 1 is 0.933 bits per heavy atom. The number of piperidine rings is 3. The van der Waals surface area contributed by atoms with Crippen molar-refractivity contribution in [3.8, 4) is 6.07 Å². The summed E-state index contributed by atoms with van der Waals surface area (Å²) in [5.41, 5.74) is -0.225. The number of carbonyl (C=O) groups is 3. The van der Waals surface area contributed by atoms with Gasteiger partial charge in [0.2, 0.25) is 5.60 Å². The van der Waals surface area contributed by atoms with Crippen molar-refractivity contribution in [2.75, 3.05) is 32.7 Å². The summed E-state index contributed by atoms with van der Waals surface area (Å²) in [6.07, 6.45) is -3.64. The molecular formula is C33H32F3N3O6. The molecule has 0 saturated carbocycles. The molecule has 1 atom stereocenters. The number of nitriles is 1. The molecule has 0 unspecified atom stereocenters. The number of carboxylic acid groups (broad SMARTS) is 1. The summed E-state index contributed by atoms with van der Waals surface area (Å²) < 4.78 is 38.4. The predicted molar refractivity (Wildman–Crippen MR) is 153 cm³/mol. The molecule has 3 aliphatic rings. The molecule has 0 spiro atoms. The van der Waals surface area contributed by atoms with Crippen molar-refractivity contribution in [3.63, 3.8) is 0 Å². The maximum Gasteiger partial charge on any atom is 0.430 e. The number of alkyl halides is 3. The van der Waals surface area contributed by atoms with Crippen molar-refractivity contribution in [2.45, 2.75) is 30.7 Å². The number of carbonyl (C=O) groups excluding carboxylic acids is 3. The third kappa shape index (κ3) is 7.68. The zero-order valence-corrected chi connectivity index (χ0v) is 24.2. The van der Waals surface area contributed by atoms with E-state index in [-0.39, 0.29) is 17.9 Å². The summed E-state index contributed by atoms with van der Waals surface area (Å²) in [6, 6.07) is 26.7. The molecule has 3 aromatic rings. The maximum absolute atomic E-state index is 13.7. The number of rotatable bonds is 8. The largest absolute Gasteiger partial charge is 0.542 e. The number of quaternary nitrogens is 1. The van der Waals surface area contributed by atoms with E-state index < -0.39 is 23.7 Å². The second-order valence-corrected chi connectivity index (χ2v) is 11.1. The summed E-state index contributed by atoms with van der Waals surface area (Å²) in [7, 11) is 0. The molecule has 236 valence electrons. The third-order valence-electron chi connectivity index (χ3n) is 8.37. The van der Waals surface area contributed by atoms with Crippen LogP contribution in [0.15, 0.2) is 84.9 Å². The number of fused-ring (bicyclic) bond motifs is 3. The summed E-state index contributed by atoms with van der Waals surface area (Å²) in [5, 5.41) is 32.8. The average molecular weight is 624 g/mol. The molecule has 2 N–H and O–H groups in total. The Balaban J connectivity index is 0.000000591. The van der Waals surface area contributed by atoms with Gasteiger partial charge in [-0.05, 0) is 23.3 Å². The van der Waals surface area contributed by atoms with Gasteiger partial charge in [0.15, 0.2) is 6.10 Å². The first-order chi connectivity index (χ1) is 21.4. The standard InChI is InChI=1S/C31H31N3O4.C2HF3O2/c32-21-24-9-7-8-14-27(24)29(35)33-17-20-34-18-15-23(16-19-34)28(22-34)38-30(36)31(37,25-10-3-1-4-11-25)26-12-5-2-6-13-26;3-2(4,5)1(6)7/h1-14,23,28,37H,15-20,22H2;(H,6,7)/t23?,28-,34?;/m0./s1. The minimum atomic E-state index is -5.19. The number of ether oxygens (including phenoxy) is 1. The van der Waals surface area contributed by atoms with Crippen LogP contribution in [0.2, 0.25) is 0 Å². The quantitative estimate of drug-likeness (QED) is 0.291. The average Bonchev–Trinajstić information content (AvgIpc) is 3.05. The van der Waals surface area contributed by atoms with Gasteiger partial charge in [0.05, 0.1) is 43.4 Å². The lowest BCUT2D eigenvalue weighted by molar-refractivity contribution is -0.945. The lowest BCUT2D eigenvalue weighted by Crippen LogP contribution is -2.66. The van der Waals surface area contributed by atoms with E-state index in [1.54, 1.807) is 72.8 Å². The molecule has 3 aliphatic heterocycles. The van der Waals surface area contributed by atoms with Crippen LogP contribution in [0.5, 0.6) is 0 Å². The second kappa shape index (κ2) is 13.9. The van der Waals surface area contributed by atoms with Crippen LogP contribution in [0.1, 0.15) is 39.9 Å². The van der Waals surface area contributed by atoms with Crippen LogP contribution in [-0.4, -0.2) is 72.4 Å². The Hall–Kier alpha value is -4.73. The van der Waals surface area contributed by atoms with Gasteiger partial charge < -0.3 is 29.5 Å². The van der Waals surface area contributed by atoms with E-state index >= 15 is 0 Å². The van der Waals surface area contributed by atoms with Crippen molar-refractivity contribution in [3.05, 3.63) is 107 Å².